The summed E-state index contributed by atoms with van der Waals surface area (Å²) >= 11 is 5.94. The second-order valence-electron chi connectivity index (χ2n) is 4.99. The average Bonchev–Trinajstić information content (AvgIpc) is 2.55. The molecule has 23 heavy (non-hydrogen) atoms. The number of hydrogen-bond donors (Lipinski definition) is 2. The minimum absolute atomic E-state index is 0.0869. The molecule has 0 bridgehead atoms. The van der Waals surface area contributed by atoms with Gasteiger partial charge in [0.15, 0.2) is 0 Å². The van der Waals surface area contributed by atoms with Crippen LogP contribution in [0.3, 0.4) is 0 Å². The smallest absolute Gasteiger partial charge is 0.259 e. The second kappa shape index (κ2) is 7.85. The summed E-state index contributed by atoms with van der Waals surface area (Å²) < 4.78 is 5.19. The molecule has 2 aromatic rings. The number of likely N-dealkylation sites (N-methyl/N-ethyl adjacent to an activating group) is 1. The molecule has 1 amide bonds. The Morgan fingerprint density at radius 2 is 1.96 bits per heavy atom. The number of carbonyl (C=O) groups excluding carboxylic acids is 1. The molecule has 0 aliphatic heterocycles. The third-order valence-electron chi connectivity index (χ3n) is 3.41. The summed E-state index contributed by atoms with van der Waals surface area (Å²) in [6, 6.07) is 12.3. The molecule has 0 aliphatic carbocycles. The summed E-state index contributed by atoms with van der Waals surface area (Å²) in [5, 5.41) is 12.2. The summed E-state index contributed by atoms with van der Waals surface area (Å²) in [5.74, 6) is 0.173. The zero-order valence-electron chi connectivity index (χ0n) is 13.0. The number of aliphatic hydroxyl groups is 1. The molecule has 0 fully saturated rings. The van der Waals surface area contributed by atoms with Gasteiger partial charge in [-0.15, -0.1) is 0 Å². The van der Waals surface area contributed by atoms with Crippen LogP contribution in [0.2, 0.25) is 5.02 Å². The van der Waals surface area contributed by atoms with Crippen molar-refractivity contribution in [3.05, 3.63) is 53.1 Å². The normalized spacial score (nSPS) is 10.3. The summed E-state index contributed by atoms with van der Waals surface area (Å²) in [4.78, 5) is 14.3. The van der Waals surface area contributed by atoms with E-state index in [1.54, 1.807) is 30.3 Å². The number of methoxy groups -OCH3 is 1. The fraction of sp³-hybridized carbons (Fsp3) is 0.235. The van der Waals surface area contributed by atoms with Gasteiger partial charge < -0.3 is 20.1 Å². The molecule has 2 rings (SSSR count). The van der Waals surface area contributed by atoms with E-state index in [9.17, 15) is 4.79 Å². The molecule has 0 atom stereocenters. The van der Waals surface area contributed by atoms with Gasteiger partial charge in [0, 0.05) is 30.0 Å². The van der Waals surface area contributed by atoms with Gasteiger partial charge >= 0.3 is 0 Å². The van der Waals surface area contributed by atoms with Crippen molar-refractivity contribution < 1.29 is 14.6 Å². The fourth-order valence-electron chi connectivity index (χ4n) is 2.13. The minimum Gasteiger partial charge on any atom is -0.496 e. The first kappa shape index (κ1) is 17.1. The third-order valence-corrected chi connectivity index (χ3v) is 3.64. The van der Waals surface area contributed by atoms with Crippen molar-refractivity contribution >= 4 is 28.9 Å². The molecule has 2 aromatic carbocycles. The van der Waals surface area contributed by atoms with Crippen LogP contribution in [-0.4, -0.2) is 38.3 Å². The van der Waals surface area contributed by atoms with Gasteiger partial charge in [-0.2, -0.15) is 0 Å². The summed E-state index contributed by atoms with van der Waals surface area (Å²) in [6.45, 7) is 0.634. The molecule has 0 aliphatic rings. The third kappa shape index (κ3) is 4.37. The molecule has 0 radical (unpaired) electrons. The first-order valence-corrected chi connectivity index (χ1v) is 7.50. The molecule has 122 valence electrons. The van der Waals surface area contributed by atoms with Crippen molar-refractivity contribution in [3.63, 3.8) is 0 Å². The summed E-state index contributed by atoms with van der Waals surface area (Å²) in [5.41, 5.74) is 2.00. The Morgan fingerprint density at radius 3 is 2.57 bits per heavy atom. The molecule has 2 N–H and O–H groups in total. The van der Waals surface area contributed by atoms with E-state index >= 15 is 0 Å². The van der Waals surface area contributed by atoms with E-state index < -0.39 is 0 Å². The molecule has 0 aromatic heterocycles. The van der Waals surface area contributed by atoms with Gasteiger partial charge in [0.1, 0.15) is 5.75 Å². The Bertz CT molecular complexity index is 674. The Morgan fingerprint density at radius 1 is 1.26 bits per heavy atom. The van der Waals surface area contributed by atoms with Crippen LogP contribution in [-0.2, 0) is 0 Å². The lowest BCUT2D eigenvalue weighted by molar-refractivity contribution is 0.102. The van der Waals surface area contributed by atoms with Crippen LogP contribution >= 0.6 is 11.6 Å². The lowest BCUT2D eigenvalue weighted by Crippen LogP contribution is -2.21. The number of aliphatic hydroxyl groups excluding tert-OH is 1. The van der Waals surface area contributed by atoms with Gasteiger partial charge in [0.2, 0.25) is 0 Å². The highest BCUT2D eigenvalue weighted by Gasteiger charge is 2.13. The van der Waals surface area contributed by atoms with Crippen molar-refractivity contribution in [1.82, 2.24) is 0 Å². The number of nitrogens with zero attached hydrogens (tertiary/aromatic N) is 1. The van der Waals surface area contributed by atoms with Gasteiger partial charge in [0.25, 0.3) is 5.91 Å². The molecular weight excluding hydrogens is 316 g/mol. The van der Waals surface area contributed by atoms with E-state index in [-0.39, 0.29) is 12.5 Å². The Labute approximate surface area is 140 Å². The predicted octanol–water partition coefficient (Wildman–Crippen LogP) is 3.03. The first-order valence-electron chi connectivity index (χ1n) is 7.12. The molecule has 0 saturated heterocycles. The van der Waals surface area contributed by atoms with Crippen LogP contribution in [0.15, 0.2) is 42.5 Å². The summed E-state index contributed by atoms with van der Waals surface area (Å²) in [7, 11) is 3.40. The fourth-order valence-corrected chi connectivity index (χ4v) is 2.31. The molecule has 0 unspecified atom stereocenters. The minimum atomic E-state index is -0.291. The predicted molar refractivity (Wildman–Crippen MR) is 92.8 cm³/mol. The number of benzene rings is 2. The number of amides is 1. The van der Waals surface area contributed by atoms with Gasteiger partial charge in [-0.25, -0.2) is 0 Å². The van der Waals surface area contributed by atoms with E-state index in [0.29, 0.717) is 28.6 Å². The quantitative estimate of drug-likeness (QED) is 0.852. The highest BCUT2D eigenvalue weighted by atomic mass is 35.5. The van der Waals surface area contributed by atoms with E-state index in [1.165, 1.54) is 7.11 Å². The van der Waals surface area contributed by atoms with Gasteiger partial charge in [-0.05, 0) is 42.5 Å². The average molecular weight is 335 g/mol. The van der Waals surface area contributed by atoms with Crippen molar-refractivity contribution in [2.45, 2.75) is 0 Å². The Hall–Kier alpha value is -2.24. The molecule has 0 saturated carbocycles. The monoisotopic (exact) mass is 334 g/mol. The first-order chi connectivity index (χ1) is 11.0. The SMILES string of the molecule is COc1ccc(Cl)cc1C(=O)Nc1ccc(N(C)CCO)cc1. The van der Waals surface area contributed by atoms with Gasteiger partial charge in [-0.3, -0.25) is 4.79 Å². The zero-order valence-corrected chi connectivity index (χ0v) is 13.8. The maximum absolute atomic E-state index is 12.4. The molecule has 6 heteroatoms. The number of anilines is 2. The lowest BCUT2D eigenvalue weighted by Gasteiger charge is -2.18. The van der Waals surface area contributed by atoms with E-state index in [1.807, 2.05) is 24.1 Å². The van der Waals surface area contributed by atoms with Crippen LogP contribution in [0.5, 0.6) is 5.75 Å². The van der Waals surface area contributed by atoms with Crippen LogP contribution in [0, 0.1) is 0 Å². The van der Waals surface area contributed by atoms with Gasteiger partial charge in [0.05, 0.1) is 19.3 Å². The van der Waals surface area contributed by atoms with Crippen LogP contribution in [0.25, 0.3) is 0 Å². The summed E-state index contributed by atoms with van der Waals surface area (Å²) in [6.07, 6.45) is 0. The highest BCUT2D eigenvalue weighted by Crippen LogP contribution is 2.24. The Balaban J connectivity index is 2.13. The zero-order chi connectivity index (χ0) is 16.8. The molecule has 0 spiro atoms. The standard InChI is InChI=1S/C17H19ClN2O3/c1-20(9-10-21)14-6-4-13(5-7-14)19-17(22)15-11-12(18)3-8-16(15)23-2/h3-8,11,21H,9-10H2,1-2H3,(H,19,22). The molecular formula is C17H19ClN2O3. The van der Waals surface area contributed by atoms with Crippen LogP contribution in [0.4, 0.5) is 11.4 Å². The maximum atomic E-state index is 12.4. The number of halogens is 1. The van der Waals surface area contributed by atoms with Crippen molar-refractivity contribution in [1.29, 1.82) is 0 Å². The topological polar surface area (TPSA) is 61.8 Å². The van der Waals surface area contributed by atoms with Crippen LogP contribution < -0.4 is 15.0 Å². The lowest BCUT2D eigenvalue weighted by atomic mass is 10.1. The Kier molecular flexibility index (Phi) is 5.84. The van der Waals surface area contributed by atoms with Crippen molar-refractivity contribution in [2.75, 3.05) is 37.5 Å². The van der Waals surface area contributed by atoms with Gasteiger partial charge in [-0.1, -0.05) is 11.6 Å². The molecule has 5 nitrogen and oxygen atoms in total. The molecule has 0 heterocycles. The number of ether oxygens (including phenoxy) is 1. The maximum Gasteiger partial charge on any atom is 0.259 e. The number of carbonyl (C=O) groups is 1. The second-order valence-corrected chi connectivity index (χ2v) is 5.43. The largest absolute Gasteiger partial charge is 0.496 e. The van der Waals surface area contributed by atoms with Crippen molar-refractivity contribution in [3.8, 4) is 5.75 Å². The number of rotatable bonds is 6. The highest BCUT2D eigenvalue weighted by molar-refractivity contribution is 6.31. The number of nitrogens with one attached hydrogen (secondary N) is 1. The van der Waals surface area contributed by atoms with Crippen molar-refractivity contribution in [2.24, 2.45) is 0 Å². The van der Waals surface area contributed by atoms with E-state index in [2.05, 4.69) is 5.32 Å². The van der Waals surface area contributed by atoms with E-state index in [0.717, 1.165) is 5.69 Å². The number of hydrogen-bond acceptors (Lipinski definition) is 4. The van der Waals surface area contributed by atoms with Crippen LogP contribution in [0.1, 0.15) is 10.4 Å². The van der Waals surface area contributed by atoms with E-state index in [4.69, 9.17) is 21.4 Å².